The highest BCUT2D eigenvalue weighted by molar-refractivity contribution is 7.14. The van der Waals surface area contributed by atoms with Crippen molar-refractivity contribution >= 4 is 23.1 Å². The van der Waals surface area contributed by atoms with Crippen LogP contribution in [0.4, 0.5) is 0 Å². The molecule has 1 aliphatic rings. The number of Topliss-reactive ketones (excluding diaryl/α,β-unsaturated/α-hetero) is 1. The maximum absolute atomic E-state index is 11.5. The maximum atomic E-state index is 11.5. The highest BCUT2D eigenvalue weighted by Crippen LogP contribution is 2.40. The molecule has 2 rings (SSSR count). The first-order valence-electron chi connectivity index (χ1n) is 7.15. The van der Waals surface area contributed by atoms with Crippen molar-refractivity contribution in [2.24, 2.45) is 11.8 Å². The number of thiazole rings is 1. The lowest BCUT2D eigenvalue weighted by atomic mass is 9.77. The topological polar surface area (TPSA) is 67.3 Å². The maximum Gasteiger partial charge on any atom is 0.356 e. The summed E-state index contributed by atoms with van der Waals surface area (Å²) in [7, 11) is 0. The first-order valence-corrected chi connectivity index (χ1v) is 7.96. The smallest absolute Gasteiger partial charge is 0.356 e. The monoisotopic (exact) mass is 295 g/mol. The number of carboxylic acid groups (broad SMARTS) is 1. The van der Waals surface area contributed by atoms with Gasteiger partial charge in [0.05, 0.1) is 5.01 Å². The lowest BCUT2D eigenvalue weighted by Gasteiger charge is -2.29. The molecular weight excluding hydrogens is 274 g/mol. The van der Waals surface area contributed by atoms with Crippen LogP contribution in [0.15, 0.2) is 0 Å². The summed E-state index contributed by atoms with van der Waals surface area (Å²) in [6.45, 7) is 5.91. The number of ketones is 1. The molecule has 5 heteroatoms. The number of carboxylic acids is 1. The lowest BCUT2D eigenvalue weighted by Crippen LogP contribution is -2.17. The summed E-state index contributed by atoms with van der Waals surface area (Å²) in [5.74, 6) is 0.476. The van der Waals surface area contributed by atoms with Crippen molar-refractivity contribution in [2.75, 3.05) is 0 Å². The largest absolute Gasteiger partial charge is 0.476 e. The Morgan fingerprint density at radius 2 is 1.85 bits per heavy atom. The van der Waals surface area contributed by atoms with Gasteiger partial charge in [-0.2, -0.15) is 0 Å². The van der Waals surface area contributed by atoms with Crippen molar-refractivity contribution in [2.45, 2.75) is 52.4 Å². The SMILES string of the molecule is CC(=O)c1sc(C2CCC(C(C)C)CC2)nc1C(=O)O. The molecule has 0 bridgehead atoms. The third-order valence-electron chi connectivity index (χ3n) is 4.23. The molecule has 1 fully saturated rings. The van der Waals surface area contributed by atoms with E-state index in [1.165, 1.54) is 31.1 Å². The zero-order valence-electron chi connectivity index (χ0n) is 12.2. The summed E-state index contributed by atoms with van der Waals surface area (Å²) < 4.78 is 0. The first kappa shape index (κ1) is 15.2. The van der Waals surface area contributed by atoms with E-state index in [9.17, 15) is 9.59 Å². The van der Waals surface area contributed by atoms with Crippen molar-refractivity contribution in [1.29, 1.82) is 0 Å². The normalized spacial score (nSPS) is 23.0. The molecule has 20 heavy (non-hydrogen) atoms. The summed E-state index contributed by atoms with van der Waals surface area (Å²) in [5.41, 5.74) is -0.0662. The Hall–Kier alpha value is -1.23. The molecular formula is C15H21NO3S. The molecule has 0 spiro atoms. The minimum atomic E-state index is -1.10. The number of nitrogens with zero attached hydrogens (tertiary/aromatic N) is 1. The van der Waals surface area contributed by atoms with E-state index in [1.54, 1.807) is 0 Å². The van der Waals surface area contributed by atoms with Crippen LogP contribution in [0.2, 0.25) is 0 Å². The Morgan fingerprint density at radius 3 is 2.25 bits per heavy atom. The number of rotatable bonds is 4. The van der Waals surface area contributed by atoms with Crippen molar-refractivity contribution in [1.82, 2.24) is 4.98 Å². The van der Waals surface area contributed by atoms with Crippen LogP contribution in [-0.4, -0.2) is 21.8 Å². The number of carbonyl (C=O) groups excluding carboxylic acids is 1. The highest BCUT2D eigenvalue weighted by atomic mass is 32.1. The lowest BCUT2D eigenvalue weighted by molar-refractivity contribution is 0.0686. The first-order chi connectivity index (χ1) is 9.40. The fourth-order valence-corrected chi connectivity index (χ4v) is 4.05. The molecule has 1 saturated carbocycles. The van der Waals surface area contributed by atoms with Crippen molar-refractivity contribution in [3.8, 4) is 0 Å². The van der Waals surface area contributed by atoms with E-state index in [0.717, 1.165) is 23.8 Å². The second-order valence-electron chi connectivity index (χ2n) is 5.95. The van der Waals surface area contributed by atoms with Gasteiger partial charge in [-0.15, -0.1) is 11.3 Å². The number of aromatic carboxylic acids is 1. The zero-order valence-corrected chi connectivity index (χ0v) is 13.0. The molecule has 0 radical (unpaired) electrons. The summed E-state index contributed by atoms with van der Waals surface area (Å²) in [5, 5.41) is 9.96. The van der Waals surface area contributed by atoms with E-state index < -0.39 is 5.97 Å². The molecule has 110 valence electrons. The molecule has 0 saturated heterocycles. The average molecular weight is 295 g/mol. The van der Waals surface area contributed by atoms with E-state index in [1.807, 2.05) is 0 Å². The van der Waals surface area contributed by atoms with Gasteiger partial charge in [0.2, 0.25) is 0 Å². The van der Waals surface area contributed by atoms with E-state index in [2.05, 4.69) is 18.8 Å². The Kier molecular flexibility index (Phi) is 4.58. The number of aromatic nitrogens is 1. The van der Waals surface area contributed by atoms with E-state index >= 15 is 0 Å². The standard InChI is InChI=1S/C15H21NO3S/c1-8(2)10-4-6-11(7-5-10)14-16-12(15(18)19)13(20-14)9(3)17/h8,10-11H,4-7H2,1-3H3,(H,18,19). The average Bonchev–Trinajstić information content (AvgIpc) is 2.84. The highest BCUT2D eigenvalue weighted by Gasteiger charge is 2.29. The van der Waals surface area contributed by atoms with Gasteiger partial charge in [-0.3, -0.25) is 4.79 Å². The quantitative estimate of drug-likeness (QED) is 0.853. The molecule has 1 aromatic heterocycles. The second-order valence-corrected chi connectivity index (χ2v) is 6.98. The fourth-order valence-electron chi connectivity index (χ4n) is 2.93. The van der Waals surface area contributed by atoms with Crippen LogP contribution >= 0.6 is 11.3 Å². The van der Waals surface area contributed by atoms with Crippen LogP contribution in [0.1, 0.15) is 77.5 Å². The van der Waals surface area contributed by atoms with Crippen LogP contribution in [0.3, 0.4) is 0 Å². The fraction of sp³-hybridized carbons (Fsp3) is 0.667. The van der Waals surface area contributed by atoms with Crippen LogP contribution in [0.25, 0.3) is 0 Å². The minimum absolute atomic E-state index is 0.0662. The van der Waals surface area contributed by atoms with Gasteiger partial charge in [0.1, 0.15) is 4.88 Å². The molecule has 0 unspecified atom stereocenters. The van der Waals surface area contributed by atoms with Gasteiger partial charge in [-0.05, 0) is 37.5 Å². The molecule has 4 nitrogen and oxygen atoms in total. The molecule has 0 aliphatic heterocycles. The Morgan fingerprint density at radius 1 is 1.25 bits per heavy atom. The number of hydrogen-bond acceptors (Lipinski definition) is 4. The van der Waals surface area contributed by atoms with Gasteiger partial charge in [-0.1, -0.05) is 13.8 Å². The summed E-state index contributed by atoms with van der Waals surface area (Å²) >= 11 is 1.27. The van der Waals surface area contributed by atoms with E-state index in [-0.39, 0.29) is 11.5 Å². The van der Waals surface area contributed by atoms with Crippen LogP contribution in [0, 0.1) is 11.8 Å². The van der Waals surface area contributed by atoms with Crippen LogP contribution < -0.4 is 0 Å². The summed E-state index contributed by atoms with van der Waals surface area (Å²) in [4.78, 5) is 27.2. The third kappa shape index (κ3) is 3.08. The predicted molar refractivity (Wildman–Crippen MR) is 78.6 cm³/mol. The summed E-state index contributed by atoms with van der Waals surface area (Å²) in [6.07, 6.45) is 4.43. The number of carbonyl (C=O) groups is 2. The predicted octanol–water partition coefficient (Wildman–Crippen LogP) is 3.97. The van der Waals surface area contributed by atoms with Crippen LogP contribution in [-0.2, 0) is 0 Å². The zero-order chi connectivity index (χ0) is 14.9. The van der Waals surface area contributed by atoms with Gasteiger partial charge >= 0.3 is 5.97 Å². The van der Waals surface area contributed by atoms with Crippen molar-refractivity contribution in [3.05, 3.63) is 15.6 Å². The molecule has 1 aromatic rings. The van der Waals surface area contributed by atoms with Crippen molar-refractivity contribution in [3.63, 3.8) is 0 Å². The van der Waals surface area contributed by atoms with E-state index in [0.29, 0.717) is 16.7 Å². The molecule has 1 N–H and O–H groups in total. The molecule has 1 aliphatic carbocycles. The van der Waals surface area contributed by atoms with Gasteiger partial charge in [0.25, 0.3) is 0 Å². The molecule has 0 atom stereocenters. The van der Waals surface area contributed by atoms with Crippen LogP contribution in [0.5, 0.6) is 0 Å². The van der Waals surface area contributed by atoms with E-state index in [4.69, 9.17) is 5.11 Å². The Bertz CT molecular complexity index is 482. The Labute approximate surface area is 123 Å². The molecule has 0 aromatic carbocycles. The third-order valence-corrected chi connectivity index (χ3v) is 5.55. The van der Waals surface area contributed by atoms with Gasteiger partial charge < -0.3 is 5.11 Å². The summed E-state index contributed by atoms with van der Waals surface area (Å²) in [6, 6.07) is 0. The van der Waals surface area contributed by atoms with Gasteiger partial charge in [0, 0.05) is 12.8 Å². The van der Waals surface area contributed by atoms with Gasteiger partial charge in [-0.25, -0.2) is 9.78 Å². The molecule has 0 amide bonds. The minimum Gasteiger partial charge on any atom is -0.476 e. The molecule has 1 heterocycles. The Balaban J connectivity index is 2.16. The second kappa shape index (κ2) is 6.04. The number of hydrogen-bond donors (Lipinski definition) is 1. The van der Waals surface area contributed by atoms with Gasteiger partial charge in [0.15, 0.2) is 11.5 Å². The van der Waals surface area contributed by atoms with Crippen molar-refractivity contribution < 1.29 is 14.7 Å².